The number of hydrogen-bond acceptors (Lipinski definition) is 3. The number of hydrogen-bond donors (Lipinski definition) is 0. The van der Waals surface area contributed by atoms with Crippen LogP contribution in [0.2, 0.25) is 10.0 Å². The fourth-order valence-electron chi connectivity index (χ4n) is 2.18. The molecule has 0 spiro atoms. The van der Waals surface area contributed by atoms with Crippen LogP contribution in [0, 0.1) is 5.92 Å². The molecule has 1 heterocycles. The molecule has 1 aliphatic heterocycles. The van der Waals surface area contributed by atoms with Crippen LogP contribution in [-0.4, -0.2) is 12.0 Å². The van der Waals surface area contributed by atoms with Gasteiger partial charge in [0.25, 0.3) is 6.29 Å². The molecule has 0 bridgehead atoms. The highest BCUT2D eigenvalue weighted by atomic mass is 35.5. The van der Waals surface area contributed by atoms with Crippen molar-refractivity contribution in [3.63, 3.8) is 0 Å². The lowest BCUT2D eigenvalue weighted by atomic mass is 9.98. The van der Waals surface area contributed by atoms with Gasteiger partial charge in [0.05, 0.1) is 16.0 Å². The molecule has 0 unspecified atom stereocenters. The highest BCUT2D eigenvalue weighted by Crippen LogP contribution is 2.32. The van der Waals surface area contributed by atoms with Crippen LogP contribution in [0.4, 0.5) is 0 Å². The minimum atomic E-state index is -0.491. The minimum absolute atomic E-state index is 0.0809. The summed E-state index contributed by atoms with van der Waals surface area (Å²) in [5.74, 6) is 0.652. The Morgan fingerprint density at radius 2 is 1.67 bits per heavy atom. The third-order valence-corrected chi connectivity index (χ3v) is 3.94. The zero-order valence-corrected chi connectivity index (χ0v) is 12.8. The van der Waals surface area contributed by atoms with Crippen molar-refractivity contribution in [2.24, 2.45) is 11.1 Å². The lowest BCUT2D eigenvalue weighted by Crippen LogP contribution is -2.27. The predicted octanol–water partition coefficient (Wildman–Crippen LogP) is 4.77. The topological polar surface area (TPSA) is 30.8 Å². The first-order valence-corrected chi connectivity index (χ1v) is 7.32. The maximum Gasteiger partial charge on any atom is 0.273 e. The van der Waals surface area contributed by atoms with E-state index in [9.17, 15) is 0 Å². The maximum atomic E-state index is 6.22. The van der Waals surface area contributed by atoms with E-state index in [1.807, 2.05) is 37.3 Å². The number of halogens is 2. The summed E-state index contributed by atoms with van der Waals surface area (Å²) in [4.78, 5) is 5.39. The molecule has 3 rings (SSSR count). The van der Waals surface area contributed by atoms with E-state index in [0.717, 1.165) is 5.75 Å². The van der Waals surface area contributed by atoms with Gasteiger partial charge in [0.2, 0.25) is 0 Å². The molecule has 1 aliphatic rings. The Labute approximate surface area is 133 Å². The Bertz CT molecular complexity index is 653. The van der Waals surface area contributed by atoms with Crippen LogP contribution in [0.1, 0.15) is 12.5 Å². The lowest BCUT2D eigenvalue weighted by molar-refractivity contribution is -0.0767. The van der Waals surface area contributed by atoms with Crippen LogP contribution in [0.25, 0.3) is 0 Å². The molecule has 2 aromatic carbocycles. The summed E-state index contributed by atoms with van der Waals surface area (Å²) in [5.41, 5.74) is 1.40. The van der Waals surface area contributed by atoms with Gasteiger partial charge < -0.3 is 9.57 Å². The lowest BCUT2D eigenvalue weighted by Gasteiger charge is -2.17. The molecule has 0 N–H and O–H groups in total. The third kappa shape index (κ3) is 2.85. The van der Waals surface area contributed by atoms with E-state index in [-0.39, 0.29) is 5.92 Å². The monoisotopic (exact) mass is 321 g/mol. The van der Waals surface area contributed by atoms with Gasteiger partial charge in [0, 0.05) is 5.56 Å². The summed E-state index contributed by atoms with van der Waals surface area (Å²) in [7, 11) is 0. The summed E-state index contributed by atoms with van der Waals surface area (Å²) in [6.45, 7) is 1.97. The van der Waals surface area contributed by atoms with E-state index >= 15 is 0 Å². The van der Waals surface area contributed by atoms with Crippen molar-refractivity contribution in [1.29, 1.82) is 0 Å². The van der Waals surface area contributed by atoms with Crippen molar-refractivity contribution >= 4 is 28.9 Å². The predicted molar refractivity (Wildman–Crippen MR) is 84.1 cm³/mol. The first-order chi connectivity index (χ1) is 10.2. The SMILES string of the molecule is C[C@@H]1C(c2c(Cl)cccc2Cl)=NO[C@@H]1Oc1ccccc1. The second kappa shape index (κ2) is 5.96. The minimum Gasteiger partial charge on any atom is -0.452 e. The van der Waals surface area contributed by atoms with Crippen molar-refractivity contribution in [3.05, 3.63) is 64.1 Å². The van der Waals surface area contributed by atoms with Gasteiger partial charge in [-0.05, 0) is 31.2 Å². The van der Waals surface area contributed by atoms with Crippen molar-refractivity contribution in [2.45, 2.75) is 13.2 Å². The standard InChI is InChI=1S/C16H13Cl2NO2/c1-10-15(14-12(17)8-5-9-13(14)18)19-21-16(10)20-11-6-3-2-4-7-11/h2-10,16H,1H3/t10-,16+/m1/s1. The van der Waals surface area contributed by atoms with Crippen molar-refractivity contribution in [2.75, 3.05) is 0 Å². The Morgan fingerprint density at radius 1 is 1.00 bits per heavy atom. The van der Waals surface area contributed by atoms with Crippen LogP contribution in [0.3, 0.4) is 0 Å². The van der Waals surface area contributed by atoms with Gasteiger partial charge >= 0.3 is 0 Å². The third-order valence-electron chi connectivity index (χ3n) is 3.31. The van der Waals surface area contributed by atoms with Gasteiger partial charge in [-0.3, -0.25) is 0 Å². The number of nitrogens with zero attached hydrogens (tertiary/aromatic N) is 1. The van der Waals surface area contributed by atoms with E-state index in [4.69, 9.17) is 32.8 Å². The van der Waals surface area contributed by atoms with E-state index < -0.39 is 6.29 Å². The highest BCUT2D eigenvalue weighted by molar-refractivity contribution is 6.40. The molecule has 0 saturated heterocycles. The number of ether oxygens (including phenoxy) is 1. The van der Waals surface area contributed by atoms with Gasteiger partial charge in [0.1, 0.15) is 11.5 Å². The zero-order chi connectivity index (χ0) is 14.8. The van der Waals surface area contributed by atoms with Crippen LogP contribution < -0.4 is 4.74 Å². The van der Waals surface area contributed by atoms with Crippen LogP contribution >= 0.6 is 23.2 Å². The molecular weight excluding hydrogens is 309 g/mol. The second-order valence-corrected chi connectivity index (χ2v) is 5.58. The summed E-state index contributed by atoms with van der Waals surface area (Å²) in [6, 6.07) is 14.8. The van der Waals surface area contributed by atoms with E-state index in [1.165, 1.54) is 0 Å². The Kier molecular flexibility index (Phi) is 4.04. The van der Waals surface area contributed by atoms with Gasteiger partial charge in [0.15, 0.2) is 0 Å². The summed E-state index contributed by atoms with van der Waals surface area (Å²) < 4.78 is 5.80. The van der Waals surface area contributed by atoms with Gasteiger partial charge in [-0.25, -0.2) is 0 Å². The van der Waals surface area contributed by atoms with Crippen LogP contribution in [0.5, 0.6) is 5.75 Å². The fourth-order valence-corrected chi connectivity index (χ4v) is 2.78. The van der Waals surface area contributed by atoms with Crippen molar-refractivity contribution in [1.82, 2.24) is 0 Å². The average Bonchev–Trinajstić information content (AvgIpc) is 2.82. The molecule has 0 saturated carbocycles. The zero-order valence-electron chi connectivity index (χ0n) is 11.3. The molecule has 108 valence electrons. The van der Waals surface area contributed by atoms with Crippen LogP contribution in [-0.2, 0) is 4.84 Å². The molecule has 0 radical (unpaired) electrons. The van der Waals surface area contributed by atoms with E-state index in [1.54, 1.807) is 18.2 Å². The number of benzene rings is 2. The summed E-state index contributed by atoms with van der Waals surface area (Å²) >= 11 is 12.4. The molecule has 0 aliphatic carbocycles. The normalized spacial score (nSPS) is 20.8. The average molecular weight is 322 g/mol. The molecule has 0 fully saturated rings. The quantitative estimate of drug-likeness (QED) is 0.815. The highest BCUT2D eigenvalue weighted by Gasteiger charge is 2.34. The molecule has 0 amide bonds. The number of rotatable bonds is 3. The molecule has 2 atom stereocenters. The summed E-state index contributed by atoms with van der Waals surface area (Å²) in [6.07, 6.45) is -0.491. The molecule has 21 heavy (non-hydrogen) atoms. The van der Waals surface area contributed by atoms with E-state index in [0.29, 0.717) is 21.3 Å². The molecule has 5 heteroatoms. The smallest absolute Gasteiger partial charge is 0.273 e. The van der Waals surface area contributed by atoms with Crippen LogP contribution in [0.15, 0.2) is 53.7 Å². The maximum absolute atomic E-state index is 6.22. The largest absolute Gasteiger partial charge is 0.452 e. The van der Waals surface area contributed by atoms with Crippen molar-refractivity contribution in [3.8, 4) is 5.75 Å². The molecule has 2 aromatic rings. The summed E-state index contributed by atoms with van der Waals surface area (Å²) in [5, 5.41) is 5.21. The first kappa shape index (κ1) is 14.2. The van der Waals surface area contributed by atoms with Gasteiger partial charge in [-0.1, -0.05) is 52.6 Å². The number of oxime groups is 1. The van der Waals surface area contributed by atoms with Gasteiger partial charge in [-0.15, -0.1) is 0 Å². The van der Waals surface area contributed by atoms with Gasteiger partial charge in [-0.2, -0.15) is 0 Å². The molecular formula is C16H13Cl2NO2. The first-order valence-electron chi connectivity index (χ1n) is 6.56. The van der Waals surface area contributed by atoms with Crippen molar-refractivity contribution < 1.29 is 9.57 Å². The second-order valence-electron chi connectivity index (χ2n) is 4.77. The number of para-hydroxylation sites is 1. The Balaban J connectivity index is 1.82. The fraction of sp³-hybridized carbons (Fsp3) is 0.188. The molecule has 3 nitrogen and oxygen atoms in total. The Hall–Kier alpha value is -1.71. The Morgan fingerprint density at radius 3 is 2.33 bits per heavy atom. The molecule has 0 aromatic heterocycles. The van der Waals surface area contributed by atoms with E-state index in [2.05, 4.69) is 5.16 Å².